The molecule has 0 radical (unpaired) electrons. The zero-order valence-electron chi connectivity index (χ0n) is 9.14. The zero-order chi connectivity index (χ0) is 11.7. The van der Waals surface area contributed by atoms with Crippen molar-refractivity contribution < 1.29 is 9.90 Å². The summed E-state index contributed by atoms with van der Waals surface area (Å²) in [6.07, 6.45) is 2.07. The molecule has 3 nitrogen and oxygen atoms in total. The number of rotatable bonds is 4. The number of carboxylic acid groups (broad SMARTS) is 1. The van der Waals surface area contributed by atoms with Gasteiger partial charge < -0.3 is 10.8 Å². The number of thioether (sulfide) groups is 1. The van der Waals surface area contributed by atoms with Gasteiger partial charge in [0, 0.05) is 10.6 Å². The van der Waals surface area contributed by atoms with E-state index in [1.807, 2.05) is 25.1 Å². The van der Waals surface area contributed by atoms with Crippen molar-refractivity contribution in [3.05, 3.63) is 23.8 Å². The molecule has 1 aromatic rings. The van der Waals surface area contributed by atoms with Crippen LogP contribution in [0.5, 0.6) is 0 Å². The lowest BCUT2D eigenvalue weighted by Crippen LogP contribution is -2.18. The van der Waals surface area contributed by atoms with Gasteiger partial charge in [-0.3, -0.25) is 4.79 Å². The fourth-order valence-electron chi connectivity index (χ4n) is 1.63. The topological polar surface area (TPSA) is 63.3 Å². The minimum absolute atomic E-state index is 0.319. The molecule has 0 aromatic heterocycles. The molecular formula is C12H15NO2S. The molecule has 0 bridgehead atoms. The van der Waals surface area contributed by atoms with E-state index in [0.717, 1.165) is 23.3 Å². The van der Waals surface area contributed by atoms with E-state index in [9.17, 15) is 4.79 Å². The van der Waals surface area contributed by atoms with Crippen molar-refractivity contribution in [3.63, 3.8) is 0 Å². The molecule has 1 atom stereocenters. The number of carbonyl (C=O) groups is 1. The molecule has 0 saturated heterocycles. The highest BCUT2D eigenvalue weighted by molar-refractivity contribution is 8.00. The highest BCUT2D eigenvalue weighted by atomic mass is 32.2. The van der Waals surface area contributed by atoms with Crippen LogP contribution in [0, 0.1) is 12.8 Å². The third-order valence-electron chi connectivity index (χ3n) is 2.76. The molecule has 16 heavy (non-hydrogen) atoms. The lowest BCUT2D eigenvalue weighted by atomic mass is 10.2. The summed E-state index contributed by atoms with van der Waals surface area (Å²) in [6.45, 7) is 1.98. The first-order chi connectivity index (χ1) is 7.58. The molecule has 1 aliphatic carbocycles. The number of aliphatic carboxylic acids is 1. The highest BCUT2D eigenvalue weighted by Gasteiger charge is 2.37. The molecule has 0 spiro atoms. The second-order valence-corrected chi connectivity index (χ2v) is 5.42. The highest BCUT2D eigenvalue weighted by Crippen LogP contribution is 2.42. The van der Waals surface area contributed by atoms with Crippen molar-refractivity contribution in [2.24, 2.45) is 5.92 Å². The maximum atomic E-state index is 11.1. The van der Waals surface area contributed by atoms with Gasteiger partial charge in [-0.15, -0.1) is 11.8 Å². The minimum Gasteiger partial charge on any atom is -0.480 e. The summed E-state index contributed by atoms with van der Waals surface area (Å²) < 4.78 is 0. The van der Waals surface area contributed by atoms with Crippen LogP contribution in [0.2, 0.25) is 0 Å². The lowest BCUT2D eigenvalue weighted by molar-refractivity contribution is -0.136. The number of nitrogen functional groups attached to an aromatic ring is 1. The van der Waals surface area contributed by atoms with Crippen LogP contribution in [-0.4, -0.2) is 16.3 Å². The number of aryl methyl sites for hydroxylation is 1. The Morgan fingerprint density at radius 1 is 1.56 bits per heavy atom. The van der Waals surface area contributed by atoms with Gasteiger partial charge in [0.1, 0.15) is 5.25 Å². The summed E-state index contributed by atoms with van der Waals surface area (Å²) in [5.41, 5.74) is 7.49. The average Bonchev–Trinajstić information content (AvgIpc) is 3.02. The molecule has 0 amide bonds. The van der Waals surface area contributed by atoms with Crippen LogP contribution < -0.4 is 5.73 Å². The summed E-state index contributed by atoms with van der Waals surface area (Å²) >= 11 is 1.43. The largest absolute Gasteiger partial charge is 0.480 e. The van der Waals surface area contributed by atoms with Crippen molar-refractivity contribution in [3.8, 4) is 0 Å². The number of benzene rings is 1. The van der Waals surface area contributed by atoms with Gasteiger partial charge in [0.05, 0.1) is 0 Å². The van der Waals surface area contributed by atoms with E-state index in [0.29, 0.717) is 11.6 Å². The van der Waals surface area contributed by atoms with Crippen molar-refractivity contribution in [1.29, 1.82) is 0 Å². The number of anilines is 1. The van der Waals surface area contributed by atoms with E-state index >= 15 is 0 Å². The fraction of sp³-hybridized carbons (Fsp3) is 0.417. The molecule has 2 rings (SSSR count). The first-order valence-electron chi connectivity index (χ1n) is 5.33. The van der Waals surface area contributed by atoms with E-state index < -0.39 is 5.97 Å². The van der Waals surface area contributed by atoms with Crippen LogP contribution >= 0.6 is 11.8 Å². The number of hydrogen-bond donors (Lipinski definition) is 2. The molecule has 4 heteroatoms. The van der Waals surface area contributed by atoms with E-state index in [2.05, 4.69) is 0 Å². The van der Waals surface area contributed by atoms with E-state index in [1.54, 1.807) is 0 Å². The maximum Gasteiger partial charge on any atom is 0.317 e. The number of hydrogen-bond acceptors (Lipinski definition) is 3. The van der Waals surface area contributed by atoms with Crippen LogP contribution in [0.4, 0.5) is 5.69 Å². The van der Waals surface area contributed by atoms with Crippen LogP contribution in [0.1, 0.15) is 18.4 Å². The monoisotopic (exact) mass is 237 g/mol. The van der Waals surface area contributed by atoms with Gasteiger partial charge in [-0.2, -0.15) is 0 Å². The third kappa shape index (κ3) is 2.50. The summed E-state index contributed by atoms with van der Waals surface area (Å²) in [5.74, 6) is -0.377. The summed E-state index contributed by atoms with van der Waals surface area (Å²) in [5, 5.41) is 8.83. The molecule has 0 heterocycles. The number of nitrogens with two attached hydrogens (primary N) is 1. The van der Waals surface area contributed by atoms with Gasteiger partial charge in [0.15, 0.2) is 0 Å². The Morgan fingerprint density at radius 2 is 2.25 bits per heavy atom. The van der Waals surface area contributed by atoms with Gasteiger partial charge in [0.25, 0.3) is 0 Å². The standard InChI is InChI=1S/C12H15NO2S/c1-7-2-5-9(13)6-10(7)16-11(12(14)15)8-3-4-8/h2,5-6,8,11H,3-4,13H2,1H3,(H,14,15). The molecule has 0 aliphatic heterocycles. The van der Waals surface area contributed by atoms with Crippen LogP contribution in [0.25, 0.3) is 0 Å². The Kier molecular flexibility index (Phi) is 3.10. The summed E-state index contributed by atoms with van der Waals surface area (Å²) in [7, 11) is 0. The van der Waals surface area contributed by atoms with E-state index in [4.69, 9.17) is 10.8 Å². The second kappa shape index (κ2) is 4.37. The van der Waals surface area contributed by atoms with Crippen molar-refractivity contribution in [2.75, 3.05) is 5.73 Å². The first-order valence-corrected chi connectivity index (χ1v) is 6.21. The molecule has 1 fully saturated rings. The van der Waals surface area contributed by atoms with Crippen LogP contribution in [-0.2, 0) is 4.79 Å². The van der Waals surface area contributed by atoms with Gasteiger partial charge in [0.2, 0.25) is 0 Å². The molecule has 1 aromatic carbocycles. The Bertz CT molecular complexity index is 415. The molecular weight excluding hydrogens is 222 g/mol. The summed E-state index contributed by atoms with van der Waals surface area (Å²) in [4.78, 5) is 12.1. The van der Waals surface area contributed by atoms with Crippen LogP contribution in [0.3, 0.4) is 0 Å². The quantitative estimate of drug-likeness (QED) is 0.624. The lowest BCUT2D eigenvalue weighted by Gasteiger charge is -2.13. The Labute approximate surface area is 99.0 Å². The maximum absolute atomic E-state index is 11.1. The predicted molar refractivity (Wildman–Crippen MR) is 65.6 cm³/mol. The Hall–Kier alpha value is -1.16. The molecule has 1 aliphatic rings. The Balaban J connectivity index is 2.17. The first kappa shape index (κ1) is 11.3. The molecule has 3 N–H and O–H groups in total. The molecule has 1 saturated carbocycles. The smallest absolute Gasteiger partial charge is 0.317 e. The van der Waals surface area contributed by atoms with Gasteiger partial charge in [-0.05, 0) is 43.4 Å². The predicted octanol–water partition coefficient (Wildman–Crippen LogP) is 2.53. The fourth-order valence-corrected chi connectivity index (χ4v) is 2.92. The Morgan fingerprint density at radius 3 is 2.81 bits per heavy atom. The molecule has 1 unspecified atom stereocenters. The van der Waals surface area contributed by atoms with Crippen molar-refractivity contribution in [1.82, 2.24) is 0 Å². The van der Waals surface area contributed by atoms with Gasteiger partial charge >= 0.3 is 5.97 Å². The van der Waals surface area contributed by atoms with Gasteiger partial charge in [-0.25, -0.2) is 0 Å². The molecule has 86 valence electrons. The number of carboxylic acids is 1. The third-order valence-corrected chi connectivity index (χ3v) is 4.29. The van der Waals surface area contributed by atoms with E-state index in [-0.39, 0.29) is 5.25 Å². The van der Waals surface area contributed by atoms with Gasteiger partial charge in [-0.1, -0.05) is 6.07 Å². The second-order valence-electron chi connectivity index (χ2n) is 4.24. The SMILES string of the molecule is Cc1ccc(N)cc1SC(C(=O)O)C1CC1. The van der Waals surface area contributed by atoms with Crippen LogP contribution in [0.15, 0.2) is 23.1 Å². The summed E-state index contributed by atoms with van der Waals surface area (Å²) in [6, 6.07) is 5.63. The minimum atomic E-state index is -0.714. The zero-order valence-corrected chi connectivity index (χ0v) is 9.96. The van der Waals surface area contributed by atoms with Crippen molar-refractivity contribution in [2.45, 2.75) is 29.9 Å². The van der Waals surface area contributed by atoms with Crippen molar-refractivity contribution >= 4 is 23.4 Å². The van der Waals surface area contributed by atoms with E-state index in [1.165, 1.54) is 11.8 Å². The average molecular weight is 237 g/mol. The normalized spacial score (nSPS) is 17.1.